The minimum atomic E-state index is -0.0437. The molecule has 2 rings (SSSR count). The van der Waals surface area contributed by atoms with Crippen LogP contribution in [-0.2, 0) is 4.79 Å². The quantitative estimate of drug-likeness (QED) is 0.568. The molecule has 0 radical (unpaired) electrons. The molecule has 0 fully saturated rings. The summed E-state index contributed by atoms with van der Waals surface area (Å²) in [5, 5.41) is 2.83. The summed E-state index contributed by atoms with van der Waals surface area (Å²) in [4.78, 5) is 23.6. The molecule has 0 aliphatic carbocycles. The zero-order chi connectivity index (χ0) is 16.7. The highest BCUT2D eigenvalue weighted by atomic mass is 79.9. The number of anilines is 1. The summed E-state index contributed by atoms with van der Waals surface area (Å²) in [7, 11) is 0. The predicted octanol–water partition coefficient (Wildman–Crippen LogP) is 5.08. The van der Waals surface area contributed by atoms with E-state index in [0.29, 0.717) is 12.0 Å². The fourth-order valence-electron chi connectivity index (χ4n) is 2.01. The number of allylic oxidation sites excluding steroid dienone is 1. The first-order valence-corrected chi connectivity index (χ1v) is 8.25. The van der Waals surface area contributed by atoms with E-state index in [1.54, 1.807) is 24.3 Å². The number of rotatable bonds is 6. The van der Waals surface area contributed by atoms with Gasteiger partial charge < -0.3 is 5.32 Å². The summed E-state index contributed by atoms with van der Waals surface area (Å²) in [6, 6.07) is 14.6. The second kappa shape index (κ2) is 8.44. The lowest BCUT2D eigenvalue weighted by Gasteiger charge is -2.04. The van der Waals surface area contributed by atoms with Gasteiger partial charge in [0.15, 0.2) is 5.78 Å². The zero-order valence-electron chi connectivity index (χ0n) is 12.9. The summed E-state index contributed by atoms with van der Waals surface area (Å²) < 4.78 is 0.943. The molecule has 1 amide bonds. The number of hydrogen-bond donors (Lipinski definition) is 1. The second-order valence-electron chi connectivity index (χ2n) is 5.12. The highest BCUT2D eigenvalue weighted by molar-refractivity contribution is 9.10. The summed E-state index contributed by atoms with van der Waals surface area (Å²) in [6.45, 7) is 1.97. The molecule has 118 valence electrons. The van der Waals surface area contributed by atoms with Crippen LogP contribution in [0.15, 0.2) is 59.1 Å². The van der Waals surface area contributed by atoms with E-state index >= 15 is 0 Å². The van der Waals surface area contributed by atoms with Gasteiger partial charge in [-0.3, -0.25) is 9.59 Å². The van der Waals surface area contributed by atoms with Crippen LogP contribution in [0.1, 0.15) is 35.7 Å². The molecule has 0 heterocycles. The van der Waals surface area contributed by atoms with Crippen LogP contribution >= 0.6 is 15.9 Å². The number of halogens is 1. The third kappa shape index (κ3) is 5.49. The maximum atomic E-state index is 12.1. The van der Waals surface area contributed by atoms with Crippen LogP contribution in [0.4, 0.5) is 5.69 Å². The molecule has 2 aromatic carbocycles. The molecule has 23 heavy (non-hydrogen) atoms. The van der Waals surface area contributed by atoms with E-state index in [4.69, 9.17) is 0 Å². The van der Waals surface area contributed by atoms with E-state index < -0.39 is 0 Å². The zero-order valence-corrected chi connectivity index (χ0v) is 14.5. The van der Waals surface area contributed by atoms with Crippen LogP contribution < -0.4 is 5.32 Å². The van der Waals surface area contributed by atoms with Crippen LogP contribution in [0, 0.1) is 0 Å². The molecule has 1 N–H and O–H groups in total. The van der Waals surface area contributed by atoms with Gasteiger partial charge in [0, 0.05) is 22.1 Å². The molecule has 0 unspecified atom stereocenters. The number of benzene rings is 2. The van der Waals surface area contributed by atoms with Crippen molar-refractivity contribution < 1.29 is 9.59 Å². The number of nitrogens with one attached hydrogen (secondary N) is 1. The summed E-state index contributed by atoms with van der Waals surface area (Å²) in [6.07, 6.45) is 4.66. The van der Waals surface area contributed by atoms with Crippen molar-refractivity contribution in [2.45, 2.75) is 19.8 Å². The Morgan fingerprint density at radius 2 is 1.70 bits per heavy atom. The number of hydrogen-bond acceptors (Lipinski definition) is 2. The van der Waals surface area contributed by atoms with Crippen LogP contribution in [-0.4, -0.2) is 11.7 Å². The van der Waals surface area contributed by atoms with Crippen molar-refractivity contribution in [1.82, 2.24) is 0 Å². The summed E-state index contributed by atoms with van der Waals surface area (Å²) >= 11 is 3.34. The topological polar surface area (TPSA) is 46.2 Å². The number of amides is 1. The molecular weight excluding hydrogens is 354 g/mol. The van der Waals surface area contributed by atoms with Crippen molar-refractivity contribution in [2.24, 2.45) is 0 Å². The molecule has 0 spiro atoms. The van der Waals surface area contributed by atoms with Gasteiger partial charge in [-0.15, -0.1) is 0 Å². The molecule has 2 aromatic rings. The highest BCUT2D eigenvalue weighted by Gasteiger charge is 2.02. The molecule has 3 nitrogen and oxygen atoms in total. The van der Waals surface area contributed by atoms with Gasteiger partial charge in [0.05, 0.1) is 0 Å². The van der Waals surface area contributed by atoms with E-state index in [2.05, 4.69) is 21.2 Å². The molecule has 0 bridgehead atoms. The van der Waals surface area contributed by atoms with Crippen LogP contribution in [0.5, 0.6) is 0 Å². The van der Waals surface area contributed by atoms with Gasteiger partial charge in [-0.1, -0.05) is 41.1 Å². The van der Waals surface area contributed by atoms with Crippen LogP contribution in [0.25, 0.3) is 6.08 Å². The fourth-order valence-corrected chi connectivity index (χ4v) is 2.27. The van der Waals surface area contributed by atoms with Gasteiger partial charge in [0.2, 0.25) is 5.91 Å². The predicted molar refractivity (Wildman–Crippen MR) is 97.5 cm³/mol. The Kier molecular flexibility index (Phi) is 6.29. The third-order valence-corrected chi connectivity index (χ3v) is 3.76. The lowest BCUT2D eigenvalue weighted by Crippen LogP contribution is -2.10. The molecule has 0 atom stereocenters. The van der Waals surface area contributed by atoms with Crippen molar-refractivity contribution in [2.75, 3.05) is 5.32 Å². The molecule has 0 saturated carbocycles. The molecule has 0 aliphatic heterocycles. The van der Waals surface area contributed by atoms with Crippen LogP contribution in [0.2, 0.25) is 0 Å². The minimum Gasteiger partial charge on any atom is -0.326 e. The maximum absolute atomic E-state index is 12.1. The first kappa shape index (κ1) is 17.2. The van der Waals surface area contributed by atoms with Crippen molar-refractivity contribution in [3.8, 4) is 0 Å². The summed E-state index contributed by atoms with van der Waals surface area (Å²) in [5.41, 5.74) is 2.32. The van der Waals surface area contributed by atoms with E-state index in [-0.39, 0.29) is 11.7 Å². The fraction of sp³-hybridized carbons (Fsp3) is 0.158. The van der Waals surface area contributed by atoms with Crippen molar-refractivity contribution in [3.63, 3.8) is 0 Å². The Morgan fingerprint density at radius 3 is 2.30 bits per heavy atom. The molecule has 0 saturated heterocycles. The highest BCUT2D eigenvalue weighted by Crippen LogP contribution is 2.14. The SMILES string of the molecule is CCCC(=O)Nc1ccc(C=CC(=O)c2ccc(Br)cc2)cc1. The Balaban J connectivity index is 1.98. The largest absolute Gasteiger partial charge is 0.326 e. The Bertz CT molecular complexity index is 703. The number of carbonyl (C=O) groups excluding carboxylic acids is 2. The van der Waals surface area contributed by atoms with Crippen molar-refractivity contribution >= 4 is 39.4 Å². The normalized spacial score (nSPS) is 10.7. The van der Waals surface area contributed by atoms with E-state index in [1.165, 1.54) is 0 Å². The second-order valence-corrected chi connectivity index (χ2v) is 6.04. The average molecular weight is 372 g/mol. The molecular formula is C19H18BrNO2. The average Bonchev–Trinajstić information content (AvgIpc) is 2.55. The van der Waals surface area contributed by atoms with Crippen molar-refractivity contribution in [3.05, 3.63) is 70.2 Å². The molecule has 0 aliphatic rings. The first-order valence-electron chi connectivity index (χ1n) is 7.46. The smallest absolute Gasteiger partial charge is 0.224 e. The van der Waals surface area contributed by atoms with Gasteiger partial charge in [-0.05, 0) is 54.5 Å². The van der Waals surface area contributed by atoms with E-state index in [9.17, 15) is 9.59 Å². The summed E-state index contributed by atoms with van der Waals surface area (Å²) in [5.74, 6) is -0.0287. The van der Waals surface area contributed by atoms with E-state index in [1.807, 2.05) is 43.3 Å². The molecule has 4 heteroatoms. The minimum absolute atomic E-state index is 0.0150. The van der Waals surface area contributed by atoms with Crippen molar-refractivity contribution in [1.29, 1.82) is 0 Å². The monoisotopic (exact) mass is 371 g/mol. The standard InChI is InChI=1S/C19H18BrNO2/c1-2-3-19(23)21-17-11-4-14(5-12-17)6-13-18(22)15-7-9-16(20)10-8-15/h4-13H,2-3H2,1H3,(H,21,23). The van der Waals surface area contributed by atoms with Gasteiger partial charge >= 0.3 is 0 Å². The van der Waals surface area contributed by atoms with Gasteiger partial charge in [0.1, 0.15) is 0 Å². The van der Waals surface area contributed by atoms with Crippen LogP contribution in [0.3, 0.4) is 0 Å². The first-order chi connectivity index (χ1) is 11.1. The Morgan fingerprint density at radius 1 is 1.04 bits per heavy atom. The van der Waals surface area contributed by atoms with E-state index in [0.717, 1.165) is 22.1 Å². The lowest BCUT2D eigenvalue weighted by molar-refractivity contribution is -0.116. The number of carbonyl (C=O) groups is 2. The maximum Gasteiger partial charge on any atom is 0.224 e. The number of ketones is 1. The lowest BCUT2D eigenvalue weighted by atomic mass is 10.1. The molecule has 0 aromatic heterocycles. The Hall–Kier alpha value is -2.20. The Labute approximate surface area is 144 Å². The third-order valence-electron chi connectivity index (χ3n) is 3.23. The van der Waals surface area contributed by atoms with Gasteiger partial charge in [-0.25, -0.2) is 0 Å². The van der Waals surface area contributed by atoms with Gasteiger partial charge in [0.25, 0.3) is 0 Å². The van der Waals surface area contributed by atoms with Gasteiger partial charge in [-0.2, -0.15) is 0 Å².